The van der Waals surface area contributed by atoms with E-state index >= 15 is 0 Å². The van der Waals surface area contributed by atoms with Crippen LogP contribution in [0.4, 0.5) is 0 Å². The summed E-state index contributed by atoms with van der Waals surface area (Å²) in [6.45, 7) is 3.89. The van der Waals surface area contributed by atoms with Gasteiger partial charge in [-0.2, -0.15) is 0 Å². The highest BCUT2D eigenvalue weighted by Gasteiger charge is 2.25. The molecule has 0 aliphatic carbocycles. The van der Waals surface area contributed by atoms with Gasteiger partial charge in [-0.3, -0.25) is 4.79 Å². The van der Waals surface area contributed by atoms with E-state index in [0.717, 1.165) is 0 Å². The van der Waals surface area contributed by atoms with Crippen LogP contribution >= 0.6 is 0 Å². The first-order chi connectivity index (χ1) is 4.61. The number of aliphatic hydroxyl groups is 1. The monoisotopic (exact) mass is 141 g/mol. The van der Waals surface area contributed by atoms with Crippen molar-refractivity contribution in [1.82, 2.24) is 5.32 Å². The van der Waals surface area contributed by atoms with Crippen LogP contribution in [0.5, 0.6) is 0 Å². The van der Waals surface area contributed by atoms with E-state index in [1.54, 1.807) is 0 Å². The molecule has 1 rings (SSSR count). The zero-order chi connectivity index (χ0) is 7.72. The van der Waals surface area contributed by atoms with E-state index in [9.17, 15) is 4.79 Å². The molecule has 0 saturated carbocycles. The van der Waals surface area contributed by atoms with E-state index in [0.29, 0.717) is 0 Å². The fraction of sp³-hybridized carbons (Fsp3) is 0.571. The Balaban J connectivity index is 2.68. The van der Waals surface area contributed by atoms with Crippen LogP contribution in [0.15, 0.2) is 11.8 Å². The highest BCUT2D eigenvalue weighted by atomic mass is 16.3. The second-order valence-electron chi connectivity index (χ2n) is 2.80. The molecule has 0 radical (unpaired) electrons. The molecule has 10 heavy (non-hydrogen) atoms. The number of hydrogen-bond acceptors (Lipinski definition) is 2. The van der Waals surface area contributed by atoms with E-state index < -0.39 is 0 Å². The Hall–Kier alpha value is -0.990. The van der Waals surface area contributed by atoms with Gasteiger partial charge in [0.1, 0.15) is 5.76 Å². The summed E-state index contributed by atoms with van der Waals surface area (Å²) in [5, 5.41) is 11.7. The van der Waals surface area contributed by atoms with Gasteiger partial charge in [0.25, 0.3) is 0 Å². The molecule has 0 bridgehead atoms. The summed E-state index contributed by atoms with van der Waals surface area (Å²) < 4.78 is 0. The lowest BCUT2D eigenvalue weighted by atomic mass is 10.0. The zero-order valence-corrected chi connectivity index (χ0v) is 6.09. The van der Waals surface area contributed by atoms with E-state index in [-0.39, 0.29) is 23.6 Å². The Kier molecular flexibility index (Phi) is 1.66. The number of aliphatic hydroxyl groups excluding tert-OH is 1. The maximum absolute atomic E-state index is 10.6. The van der Waals surface area contributed by atoms with Gasteiger partial charge in [-0.05, 0) is 5.92 Å². The first kappa shape index (κ1) is 7.12. The molecule has 0 aromatic rings. The van der Waals surface area contributed by atoms with E-state index in [1.807, 2.05) is 13.8 Å². The topological polar surface area (TPSA) is 49.3 Å². The Bertz CT molecular complexity index is 184. The molecule has 0 aromatic carbocycles. The minimum absolute atomic E-state index is 0.153. The van der Waals surface area contributed by atoms with Crippen molar-refractivity contribution in [3.05, 3.63) is 11.8 Å². The van der Waals surface area contributed by atoms with Crippen LogP contribution in [0.3, 0.4) is 0 Å². The Morgan fingerprint density at radius 3 is 2.50 bits per heavy atom. The molecule has 2 N–H and O–H groups in total. The number of nitrogens with one attached hydrogen (secondary N) is 1. The smallest absolute Gasteiger partial charge is 0.248 e. The first-order valence-electron chi connectivity index (χ1n) is 3.32. The summed E-state index contributed by atoms with van der Waals surface area (Å²) in [6, 6.07) is -0.174. The maximum Gasteiger partial charge on any atom is 0.248 e. The number of carbonyl (C=O) groups excluding carboxylic acids is 1. The van der Waals surface area contributed by atoms with E-state index in [4.69, 9.17) is 5.11 Å². The van der Waals surface area contributed by atoms with Crippen LogP contribution in [-0.4, -0.2) is 17.1 Å². The molecule has 1 aliphatic rings. The van der Waals surface area contributed by atoms with Crippen LogP contribution in [0.1, 0.15) is 13.8 Å². The molecule has 1 heterocycles. The third-order valence-electron chi connectivity index (χ3n) is 1.56. The van der Waals surface area contributed by atoms with E-state index in [2.05, 4.69) is 5.32 Å². The van der Waals surface area contributed by atoms with Gasteiger partial charge in [-0.15, -0.1) is 0 Å². The third kappa shape index (κ3) is 1.12. The second-order valence-corrected chi connectivity index (χ2v) is 2.80. The van der Waals surface area contributed by atoms with Gasteiger partial charge in [0.15, 0.2) is 0 Å². The molecule has 0 saturated heterocycles. The average molecular weight is 141 g/mol. The SMILES string of the molecule is CC(C)C1NC(=O)C=C1O. The quantitative estimate of drug-likeness (QED) is 0.561. The van der Waals surface area contributed by atoms with Crippen molar-refractivity contribution in [2.24, 2.45) is 5.92 Å². The minimum atomic E-state index is -0.198. The summed E-state index contributed by atoms with van der Waals surface area (Å²) in [5.41, 5.74) is 0. The standard InChI is InChI=1S/C7H11NO2/c1-4(2)7-5(9)3-6(10)8-7/h3-4,7,9H,1-2H3,(H,8,10). The van der Waals surface area contributed by atoms with Gasteiger partial charge < -0.3 is 10.4 Å². The summed E-state index contributed by atoms with van der Waals surface area (Å²) >= 11 is 0. The lowest BCUT2D eigenvalue weighted by Gasteiger charge is -2.14. The van der Waals surface area contributed by atoms with Crippen molar-refractivity contribution in [2.75, 3.05) is 0 Å². The first-order valence-corrected chi connectivity index (χ1v) is 3.32. The van der Waals surface area contributed by atoms with Crippen molar-refractivity contribution in [3.63, 3.8) is 0 Å². The predicted octanol–water partition coefficient (Wildman–Crippen LogP) is 0.583. The summed E-state index contributed by atoms with van der Waals surface area (Å²) in [6.07, 6.45) is 1.23. The molecule has 56 valence electrons. The number of hydrogen-bond donors (Lipinski definition) is 2. The number of amides is 1. The fourth-order valence-corrected chi connectivity index (χ4v) is 1.00. The summed E-state index contributed by atoms with van der Waals surface area (Å²) in [5.74, 6) is 0.207. The molecule has 1 amide bonds. The van der Waals surface area contributed by atoms with Gasteiger partial charge in [-0.25, -0.2) is 0 Å². The Labute approximate surface area is 59.7 Å². The Morgan fingerprint density at radius 1 is 1.70 bits per heavy atom. The molecular formula is C7H11NO2. The predicted molar refractivity (Wildman–Crippen MR) is 37.5 cm³/mol. The largest absolute Gasteiger partial charge is 0.510 e. The molecule has 3 nitrogen and oxygen atoms in total. The van der Waals surface area contributed by atoms with Crippen molar-refractivity contribution >= 4 is 5.91 Å². The van der Waals surface area contributed by atoms with Gasteiger partial charge in [-0.1, -0.05) is 13.8 Å². The van der Waals surface area contributed by atoms with Gasteiger partial charge in [0, 0.05) is 6.08 Å². The minimum Gasteiger partial charge on any atom is -0.510 e. The van der Waals surface area contributed by atoms with Crippen LogP contribution in [0.2, 0.25) is 0 Å². The van der Waals surface area contributed by atoms with Crippen LogP contribution in [-0.2, 0) is 4.79 Å². The second kappa shape index (κ2) is 2.33. The normalized spacial score (nSPS) is 24.9. The highest BCUT2D eigenvalue weighted by Crippen LogP contribution is 2.13. The zero-order valence-electron chi connectivity index (χ0n) is 6.09. The van der Waals surface area contributed by atoms with Crippen molar-refractivity contribution < 1.29 is 9.90 Å². The third-order valence-corrected chi connectivity index (χ3v) is 1.56. The molecule has 1 atom stereocenters. The van der Waals surface area contributed by atoms with Crippen molar-refractivity contribution in [2.45, 2.75) is 19.9 Å². The Morgan fingerprint density at radius 2 is 2.30 bits per heavy atom. The van der Waals surface area contributed by atoms with Gasteiger partial charge in [0.2, 0.25) is 5.91 Å². The average Bonchev–Trinajstić information content (AvgIpc) is 2.10. The molecule has 0 fully saturated rings. The van der Waals surface area contributed by atoms with Gasteiger partial charge in [0.05, 0.1) is 6.04 Å². The number of carbonyl (C=O) groups is 1. The van der Waals surface area contributed by atoms with Crippen LogP contribution < -0.4 is 5.32 Å². The van der Waals surface area contributed by atoms with E-state index in [1.165, 1.54) is 6.08 Å². The molecule has 0 aromatic heterocycles. The molecule has 1 unspecified atom stereocenters. The summed E-state index contributed by atoms with van der Waals surface area (Å²) in [4.78, 5) is 10.6. The maximum atomic E-state index is 10.6. The summed E-state index contributed by atoms with van der Waals surface area (Å²) in [7, 11) is 0. The van der Waals surface area contributed by atoms with Crippen LogP contribution in [0, 0.1) is 5.92 Å². The lowest BCUT2D eigenvalue weighted by molar-refractivity contribution is -0.116. The highest BCUT2D eigenvalue weighted by molar-refractivity contribution is 5.91. The molecular weight excluding hydrogens is 130 g/mol. The lowest BCUT2D eigenvalue weighted by Crippen LogP contribution is -2.32. The molecule has 0 spiro atoms. The fourth-order valence-electron chi connectivity index (χ4n) is 1.00. The number of rotatable bonds is 1. The van der Waals surface area contributed by atoms with Crippen molar-refractivity contribution in [1.29, 1.82) is 0 Å². The van der Waals surface area contributed by atoms with Crippen LogP contribution in [0.25, 0.3) is 0 Å². The van der Waals surface area contributed by atoms with Gasteiger partial charge >= 0.3 is 0 Å². The molecule has 1 aliphatic heterocycles. The molecule has 3 heteroatoms. The van der Waals surface area contributed by atoms with Crippen molar-refractivity contribution in [3.8, 4) is 0 Å².